The summed E-state index contributed by atoms with van der Waals surface area (Å²) in [7, 11) is 0. The van der Waals surface area contributed by atoms with Crippen LogP contribution in [0.15, 0.2) is 279 Å². The van der Waals surface area contributed by atoms with Crippen molar-refractivity contribution in [2.45, 2.75) is 0 Å². The lowest BCUT2D eigenvalue weighted by molar-refractivity contribution is 1.59. The zero-order chi connectivity index (χ0) is 46.4. The lowest BCUT2D eigenvalue weighted by atomic mass is 9.83. The van der Waals surface area contributed by atoms with Gasteiger partial charge in [0, 0.05) is 0 Å². The van der Waals surface area contributed by atoms with Crippen molar-refractivity contribution in [3.8, 4) is 89.0 Å². The molecule has 13 aromatic rings. The molecule has 13 rings (SSSR count). The molecule has 0 aromatic heterocycles. The molecule has 0 heterocycles. The summed E-state index contributed by atoms with van der Waals surface area (Å²) in [6.07, 6.45) is 0. The van der Waals surface area contributed by atoms with Crippen molar-refractivity contribution in [1.29, 1.82) is 0 Å². The van der Waals surface area contributed by atoms with E-state index in [0.717, 1.165) is 0 Å². The van der Waals surface area contributed by atoms with Crippen molar-refractivity contribution in [3.05, 3.63) is 279 Å². The molecular weight excluding hydrogens is 841 g/mol. The Morgan fingerprint density at radius 3 is 1.07 bits per heavy atom. The predicted octanol–water partition coefficient (Wildman–Crippen LogP) is 19.6. The molecule has 13 aromatic carbocycles. The van der Waals surface area contributed by atoms with E-state index in [1.807, 2.05) is 0 Å². The van der Waals surface area contributed by atoms with E-state index in [9.17, 15) is 0 Å². The number of hydrogen-bond acceptors (Lipinski definition) is 0. The second kappa shape index (κ2) is 17.5. The zero-order valence-corrected chi connectivity index (χ0v) is 38.6. The first-order valence-electron chi connectivity index (χ1n) is 24.2. The zero-order valence-electron chi connectivity index (χ0n) is 38.6. The van der Waals surface area contributed by atoms with Crippen LogP contribution in [0, 0.1) is 0 Å². The molecule has 0 unspecified atom stereocenters. The third kappa shape index (κ3) is 7.53. The SMILES string of the molecule is c1ccc(-c2cc(-c3ccccc3)c3cc(-c4ccc5cc(-c6cc(-c7ccccc7)c(-c7ccc8ccccc8c7)c7ccc(-c8ccccc8)cc67)ccc5c4)cc(-c4ccccc4)c3c2)cc1. The van der Waals surface area contributed by atoms with Crippen LogP contribution in [-0.2, 0) is 0 Å². The molecule has 326 valence electrons. The van der Waals surface area contributed by atoms with Crippen LogP contribution < -0.4 is 0 Å². The normalized spacial score (nSPS) is 11.4. The van der Waals surface area contributed by atoms with E-state index in [1.54, 1.807) is 0 Å². The molecule has 0 nitrogen and oxygen atoms in total. The van der Waals surface area contributed by atoms with Crippen molar-refractivity contribution in [2.24, 2.45) is 0 Å². The van der Waals surface area contributed by atoms with Gasteiger partial charge in [-0.3, -0.25) is 0 Å². The lowest BCUT2D eigenvalue weighted by Crippen LogP contribution is -1.93. The smallest absolute Gasteiger partial charge is 0.00262 e. The molecule has 0 N–H and O–H groups in total. The molecule has 0 saturated carbocycles. The van der Waals surface area contributed by atoms with E-state index >= 15 is 0 Å². The van der Waals surface area contributed by atoms with Crippen molar-refractivity contribution in [1.82, 2.24) is 0 Å². The van der Waals surface area contributed by atoms with Crippen LogP contribution in [-0.4, -0.2) is 0 Å². The van der Waals surface area contributed by atoms with Crippen LogP contribution >= 0.6 is 0 Å². The van der Waals surface area contributed by atoms with Gasteiger partial charge >= 0.3 is 0 Å². The summed E-state index contributed by atoms with van der Waals surface area (Å²) >= 11 is 0. The minimum atomic E-state index is 1.19. The summed E-state index contributed by atoms with van der Waals surface area (Å²) in [5, 5.41) is 9.83. The van der Waals surface area contributed by atoms with E-state index in [2.05, 4.69) is 279 Å². The quantitative estimate of drug-likeness (QED) is 0.143. The maximum absolute atomic E-state index is 2.44. The van der Waals surface area contributed by atoms with Crippen LogP contribution in [0.25, 0.3) is 132 Å². The molecule has 0 bridgehead atoms. The van der Waals surface area contributed by atoms with Gasteiger partial charge in [0.25, 0.3) is 0 Å². The highest BCUT2D eigenvalue weighted by Gasteiger charge is 2.20. The van der Waals surface area contributed by atoms with Crippen molar-refractivity contribution in [3.63, 3.8) is 0 Å². The molecule has 0 fully saturated rings. The fourth-order valence-corrected chi connectivity index (χ4v) is 10.7. The maximum Gasteiger partial charge on any atom is -0.00262 e. The van der Waals surface area contributed by atoms with Gasteiger partial charge in [0.15, 0.2) is 0 Å². The molecule has 0 aliphatic rings. The second-order valence-corrected chi connectivity index (χ2v) is 18.4. The molecule has 0 amide bonds. The Balaban J connectivity index is 0.997. The number of hydrogen-bond donors (Lipinski definition) is 0. The maximum atomic E-state index is 2.44. The van der Waals surface area contributed by atoms with Gasteiger partial charge < -0.3 is 0 Å². The summed E-state index contributed by atoms with van der Waals surface area (Å²) in [5.41, 5.74) is 19.4. The lowest BCUT2D eigenvalue weighted by Gasteiger charge is -2.20. The van der Waals surface area contributed by atoms with Crippen LogP contribution in [0.3, 0.4) is 0 Å². The largest absolute Gasteiger partial charge is 0.0622 e. The van der Waals surface area contributed by atoms with Gasteiger partial charge in [-0.05, 0) is 187 Å². The first-order chi connectivity index (χ1) is 34.7. The Kier molecular flexibility index (Phi) is 10.3. The predicted molar refractivity (Wildman–Crippen MR) is 300 cm³/mol. The van der Waals surface area contributed by atoms with Crippen LogP contribution in [0.2, 0.25) is 0 Å². The Bertz CT molecular complexity index is 4060. The molecule has 70 heavy (non-hydrogen) atoms. The molecule has 0 heteroatoms. The Morgan fingerprint density at radius 2 is 0.486 bits per heavy atom. The number of fused-ring (bicyclic) bond motifs is 4. The Hall–Kier alpha value is -9.10. The monoisotopic (exact) mass is 886 g/mol. The summed E-state index contributed by atoms with van der Waals surface area (Å²) < 4.78 is 0. The molecule has 0 atom stereocenters. The highest BCUT2D eigenvalue weighted by atomic mass is 14.2. The summed E-state index contributed by atoms with van der Waals surface area (Å²) in [4.78, 5) is 0. The number of rotatable bonds is 8. The van der Waals surface area contributed by atoms with E-state index in [-0.39, 0.29) is 0 Å². The van der Waals surface area contributed by atoms with E-state index < -0.39 is 0 Å². The minimum absolute atomic E-state index is 1.19. The van der Waals surface area contributed by atoms with Crippen molar-refractivity contribution in [2.75, 3.05) is 0 Å². The molecule has 0 radical (unpaired) electrons. The first-order valence-corrected chi connectivity index (χ1v) is 24.2. The number of benzene rings is 13. The molecular formula is C70H46. The first kappa shape index (κ1) is 41.1. The highest BCUT2D eigenvalue weighted by Crippen LogP contribution is 2.46. The molecule has 0 spiro atoms. The average Bonchev–Trinajstić information content (AvgIpc) is 3.44. The van der Waals surface area contributed by atoms with Gasteiger partial charge in [-0.1, -0.05) is 224 Å². The second-order valence-electron chi connectivity index (χ2n) is 18.4. The van der Waals surface area contributed by atoms with Gasteiger partial charge in [-0.2, -0.15) is 0 Å². The fourth-order valence-electron chi connectivity index (χ4n) is 10.7. The Morgan fingerprint density at radius 1 is 0.143 bits per heavy atom. The van der Waals surface area contributed by atoms with Crippen LogP contribution in [0.5, 0.6) is 0 Å². The van der Waals surface area contributed by atoms with Gasteiger partial charge in [-0.25, -0.2) is 0 Å². The van der Waals surface area contributed by atoms with Gasteiger partial charge in [-0.15, -0.1) is 0 Å². The summed E-state index contributed by atoms with van der Waals surface area (Å²) in [5.74, 6) is 0. The molecule has 0 aliphatic heterocycles. The average molecular weight is 887 g/mol. The van der Waals surface area contributed by atoms with Crippen LogP contribution in [0.1, 0.15) is 0 Å². The summed E-state index contributed by atoms with van der Waals surface area (Å²) in [6.45, 7) is 0. The standard InChI is InChI=1S/C70H46/c1-6-18-47(19-7-1)57-36-37-62-67(41-57)65(46-66(52-27-14-5-15-28-52)70(62)59-35-30-49-22-16-17-29-53(49)40-59)58-34-33-54-38-56(32-31-55(54)39-58)61-43-64(51-25-12-4-13-26-51)68-44-60(48-20-8-2-9-21-48)42-63(69(68)45-61)50-23-10-3-11-24-50/h1-46H. The fraction of sp³-hybridized carbons (Fsp3) is 0. The Labute approximate surface area is 409 Å². The van der Waals surface area contributed by atoms with E-state index in [0.29, 0.717) is 0 Å². The highest BCUT2D eigenvalue weighted by molar-refractivity contribution is 6.14. The minimum Gasteiger partial charge on any atom is -0.0622 e. The molecule has 0 saturated heterocycles. The molecule has 0 aliphatic carbocycles. The third-order valence-electron chi connectivity index (χ3n) is 14.2. The topological polar surface area (TPSA) is 0 Å². The van der Waals surface area contributed by atoms with Crippen molar-refractivity contribution < 1.29 is 0 Å². The van der Waals surface area contributed by atoms with E-state index in [1.165, 1.54) is 132 Å². The van der Waals surface area contributed by atoms with Crippen LogP contribution in [0.4, 0.5) is 0 Å². The van der Waals surface area contributed by atoms with E-state index in [4.69, 9.17) is 0 Å². The summed E-state index contributed by atoms with van der Waals surface area (Å²) in [6, 6.07) is 103. The van der Waals surface area contributed by atoms with Gasteiger partial charge in [0.2, 0.25) is 0 Å². The third-order valence-corrected chi connectivity index (χ3v) is 14.2. The van der Waals surface area contributed by atoms with Gasteiger partial charge in [0.05, 0.1) is 0 Å². The van der Waals surface area contributed by atoms with Crippen molar-refractivity contribution >= 4 is 43.1 Å². The van der Waals surface area contributed by atoms with Gasteiger partial charge in [0.1, 0.15) is 0 Å².